The Kier molecular flexibility index (Phi) is 5.38. The van der Waals surface area contributed by atoms with Gasteiger partial charge in [-0.2, -0.15) is 0 Å². The summed E-state index contributed by atoms with van der Waals surface area (Å²) in [6.45, 7) is 2.02. The molecule has 0 saturated carbocycles. The quantitative estimate of drug-likeness (QED) is 0.633. The van der Waals surface area contributed by atoms with Crippen molar-refractivity contribution >= 4 is 39.9 Å². The van der Waals surface area contributed by atoms with E-state index in [1.165, 1.54) is 23.1 Å². The Morgan fingerprint density at radius 1 is 1.27 bits per heavy atom. The Labute approximate surface area is 158 Å². The molecule has 0 unspecified atom stereocenters. The van der Waals surface area contributed by atoms with E-state index in [1.807, 2.05) is 42.8 Å². The number of aromatic nitrogens is 3. The van der Waals surface area contributed by atoms with Gasteiger partial charge >= 0.3 is 0 Å². The van der Waals surface area contributed by atoms with E-state index in [9.17, 15) is 9.59 Å². The number of hydrogen-bond acceptors (Lipinski definition) is 6. The number of carbonyl (C=O) groups excluding carboxylic acids is 2. The number of carbonyl (C=O) groups is 2. The number of thiophene rings is 1. The van der Waals surface area contributed by atoms with Crippen LogP contribution in [-0.4, -0.2) is 32.3 Å². The van der Waals surface area contributed by atoms with Crippen molar-refractivity contribution in [3.63, 3.8) is 0 Å². The SMILES string of the molecule is Cc1ccccc1-c1nnc(SCC(=O)Nc2sccc2C(N)=O)n1C. The molecule has 1 aromatic carbocycles. The first-order valence-corrected chi connectivity index (χ1v) is 9.59. The highest BCUT2D eigenvalue weighted by Crippen LogP contribution is 2.26. The van der Waals surface area contributed by atoms with Crippen LogP contribution in [0, 0.1) is 6.92 Å². The number of nitrogens with zero attached hydrogens (tertiary/aromatic N) is 3. The fourth-order valence-corrected chi connectivity index (χ4v) is 3.91. The summed E-state index contributed by atoms with van der Waals surface area (Å²) in [6.07, 6.45) is 0. The molecular formula is C17H17N5O2S2. The summed E-state index contributed by atoms with van der Waals surface area (Å²) in [5.41, 5.74) is 7.70. The average Bonchev–Trinajstić information content (AvgIpc) is 3.20. The monoisotopic (exact) mass is 387 g/mol. The number of nitrogens with one attached hydrogen (secondary N) is 1. The standard InChI is InChI=1S/C17H17N5O2S2/c1-10-5-3-4-6-11(10)15-20-21-17(22(15)2)26-9-13(23)19-16-12(14(18)24)7-8-25-16/h3-8H,9H2,1-2H3,(H2,18,24)(H,19,23). The molecule has 3 N–H and O–H groups in total. The summed E-state index contributed by atoms with van der Waals surface area (Å²) in [5.74, 6) is 0.0987. The third-order valence-corrected chi connectivity index (χ3v) is 5.59. The van der Waals surface area contributed by atoms with Gasteiger partial charge < -0.3 is 15.6 Å². The molecule has 0 aliphatic rings. The van der Waals surface area contributed by atoms with Crippen molar-refractivity contribution in [3.05, 3.63) is 46.8 Å². The lowest BCUT2D eigenvalue weighted by atomic mass is 10.1. The van der Waals surface area contributed by atoms with Gasteiger partial charge in [0.1, 0.15) is 5.00 Å². The van der Waals surface area contributed by atoms with Gasteiger partial charge in [-0.15, -0.1) is 21.5 Å². The Morgan fingerprint density at radius 2 is 2.04 bits per heavy atom. The molecule has 2 amide bonds. The molecule has 0 aliphatic heterocycles. The van der Waals surface area contributed by atoms with Gasteiger partial charge in [-0.3, -0.25) is 9.59 Å². The first kappa shape index (κ1) is 18.2. The van der Waals surface area contributed by atoms with E-state index in [2.05, 4.69) is 15.5 Å². The normalized spacial score (nSPS) is 10.7. The van der Waals surface area contributed by atoms with Gasteiger partial charge in [-0.25, -0.2) is 0 Å². The molecule has 0 saturated heterocycles. The summed E-state index contributed by atoms with van der Waals surface area (Å²) in [4.78, 5) is 23.5. The van der Waals surface area contributed by atoms with Crippen LogP contribution in [0.5, 0.6) is 0 Å². The van der Waals surface area contributed by atoms with Gasteiger partial charge in [0.05, 0.1) is 11.3 Å². The number of thioether (sulfide) groups is 1. The van der Waals surface area contributed by atoms with Crippen molar-refractivity contribution in [2.75, 3.05) is 11.1 Å². The van der Waals surface area contributed by atoms with Crippen molar-refractivity contribution in [2.24, 2.45) is 12.8 Å². The second-order valence-electron chi connectivity index (χ2n) is 5.54. The number of benzene rings is 1. The summed E-state index contributed by atoms with van der Waals surface area (Å²) < 4.78 is 1.86. The van der Waals surface area contributed by atoms with Gasteiger partial charge in [0.25, 0.3) is 5.91 Å². The van der Waals surface area contributed by atoms with Crippen LogP contribution in [0.1, 0.15) is 15.9 Å². The molecular weight excluding hydrogens is 370 g/mol. The lowest BCUT2D eigenvalue weighted by Crippen LogP contribution is -2.18. The summed E-state index contributed by atoms with van der Waals surface area (Å²) in [5, 5.41) is 13.9. The van der Waals surface area contributed by atoms with Crippen molar-refractivity contribution in [2.45, 2.75) is 12.1 Å². The van der Waals surface area contributed by atoms with Crippen LogP contribution in [0.2, 0.25) is 0 Å². The minimum atomic E-state index is -0.564. The number of nitrogens with two attached hydrogens (primary N) is 1. The first-order chi connectivity index (χ1) is 12.5. The Hall–Kier alpha value is -2.65. The van der Waals surface area contributed by atoms with E-state index in [0.717, 1.165) is 17.0 Å². The summed E-state index contributed by atoms with van der Waals surface area (Å²) in [7, 11) is 1.87. The molecule has 2 aromatic heterocycles. The molecule has 3 rings (SSSR count). The van der Waals surface area contributed by atoms with Crippen molar-refractivity contribution in [1.82, 2.24) is 14.8 Å². The molecule has 0 aliphatic carbocycles. The number of primary amides is 1. The van der Waals surface area contributed by atoms with Crippen LogP contribution in [0.15, 0.2) is 40.9 Å². The van der Waals surface area contributed by atoms with Gasteiger partial charge in [0.15, 0.2) is 11.0 Å². The molecule has 26 heavy (non-hydrogen) atoms. The van der Waals surface area contributed by atoms with E-state index in [-0.39, 0.29) is 11.7 Å². The van der Waals surface area contributed by atoms with Crippen molar-refractivity contribution in [1.29, 1.82) is 0 Å². The smallest absolute Gasteiger partial charge is 0.251 e. The van der Waals surface area contributed by atoms with Crippen molar-refractivity contribution in [3.8, 4) is 11.4 Å². The Bertz CT molecular complexity index is 964. The van der Waals surface area contributed by atoms with Crippen LogP contribution >= 0.6 is 23.1 Å². The summed E-state index contributed by atoms with van der Waals surface area (Å²) in [6, 6.07) is 9.52. The minimum absolute atomic E-state index is 0.149. The fraction of sp³-hybridized carbons (Fsp3) is 0.176. The van der Waals surface area contributed by atoms with Gasteiger partial charge in [0, 0.05) is 12.6 Å². The highest BCUT2D eigenvalue weighted by atomic mass is 32.2. The maximum Gasteiger partial charge on any atom is 0.251 e. The third kappa shape index (κ3) is 3.78. The van der Waals surface area contributed by atoms with Crippen LogP contribution < -0.4 is 11.1 Å². The van der Waals surface area contributed by atoms with Gasteiger partial charge in [-0.05, 0) is 23.9 Å². The maximum atomic E-state index is 12.2. The van der Waals surface area contributed by atoms with Crippen LogP contribution in [0.25, 0.3) is 11.4 Å². The second kappa shape index (κ2) is 7.71. The number of anilines is 1. The molecule has 9 heteroatoms. The van der Waals surface area contributed by atoms with Crippen LogP contribution in [-0.2, 0) is 11.8 Å². The lowest BCUT2D eigenvalue weighted by Gasteiger charge is -2.06. The molecule has 2 heterocycles. The van der Waals surface area contributed by atoms with E-state index < -0.39 is 5.91 Å². The maximum absolute atomic E-state index is 12.2. The molecule has 0 atom stereocenters. The molecule has 7 nitrogen and oxygen atoms in total. The summed E-state index contributed by atoms with van der Waals surface area (Å²) >= 11 is 2.54. The molecule has 0 spiro atoms. The number of aryl methyl sites for hydroxylation is 1. The van der Waals surface area contributed by atoms with Crippen LogP contribution in [0.3, 0.4) is 0 Å². The predicted molar refractivity (Wildman–Crippen MR) is 103 cm³/mol. The zero-order valence-corrected chi connectivity index (χ0v) is 15.9. The van der Waals surface area contributed by atoms with Gasteiger partial charge in [-0.1, -0.05) is 36.0 Å². The lowest BCUT2D eigenvalue weighted by molar-refractivity contribution is -0.113. The number of hydrogen-bond donors (Lipinski definition) is 2. The predicted octanol–water partition coefficient (Wildman–Crippen LogP) is 2.68. The Morgan fingerprint density at radius 3 is 2.77 bits per heavy atom. The molecule has 0 bridgehead atoms. The molecule has 3 aromatic rings. The molecule has 134 valence electrons. The minimum Gasteiger partial charge on any atom is -0.366 e. The molecule has 0 radical (unpaired) electrons. The van der Waals surface area contributed by atoms with E-state index in [0.29, 0.717) is 15.7 Å². The Balaban J connectivity index is 1.67. The second-order valence-corrected chi connectivity index (χ2v) is 7.40. The topological polar surface area (TPSA) is 103 Å². The highest BCUT2D eigenvalue weighted by Gasteiger charge is 2.16. The average molecular weight is 387 g/mol. The highest BCUT2D eigenvalue weighted by molar-refractivity contribution is 7.99. The number of amides is 2. The third-order valence-electron chi connectivity index (χ3n) is 3.74. The van der Waals surface area contributed by atoms with Crippen LogP contribution in [0.4, 0.5) is 5.00 Å². The van der Waals surface area contributed by atoms with E-state index in [1.54, 1.807) is 11.4 Å². The zero-order valence-electron chi connectivity index (χ0n) is 14.2. The van der Waals surface area contributed by atoms with E-state index in [4.69, 9.17) is 5.73 Å². The first-order valence-electron chi connectivity index (χ1n) is 7.72. The number of rotatable bonds is 6. The van der Waals surface area contributed by atoms with E-state index >= 15 is 0 Å². The largest absolute Gasteiger partial charge is 0.366 e. The fourth-order valence-electron chi connectivity index (χ4n) is 2.39. The van der Waals surface area contributed by atoms with Gasteiger partial charge in [0.2, 0.25) is 5.91 Å². The molecule has 0 fully saturated rings. The van der Waals surface area contributed by atoms with Crippen molar-refractivity contribution < 1.29 is 9.59 Å². The zero-order chi connectivity index (χ0) is 18.7.